The number of anilines is 1. The van der Waals surface area contributed by atoms with Crippen molar-refractivity contribution in [3.63, 3.8) is 0 Å². The lowest BCUT2D eigenvalue weighted by atomic mass is 9.93. The van der Waals surface area contributed by atoms with Crippen LogP contribution in [0.25, 0.3) is 0 Å². The topological polar surface area (TPSA) is 90.1 Å². The molecule has 0 atom stereocenters. The fourth-order valence-corrected chi connectivity index (χ4v) is 2.83. The number of aliphatic hydroxyl groups is 1. The molecule has 0 saturated heterocycles. The first kappa shape index (κ1) is 16.3. The lowest BCUT2D eigenvalue weighted by Crippen LogP contribution is -2.36. The van der Waals surface area contributed by atoms with Crippen molar-refractivity contribution in [2.24, 2.45) is 7.05 Å². The predicted octanol–water partition coefficient (Wildman–Crippen LogP) is 1.47. The van der Waals surface area contributed by atoms with Crippen LogP contribution in [0.3, 0.4) is 0 Å². The number of aliphatic hydroxyl groups excluding tert-OH is 1. The monoisotopic (exact) mass is 304 g/mol. The van der Waals surface area contributed by atoms with E-state index in [1.54, 1.807) is 20.0 Å². The molecule has 0 unspecified atom stereocenters. The van der Waals surface area contributed by atoms with Crippen LogP contribution < -0.4 is 16.2 Å². The summed E-state index contributed by atoms with van der Waals surface area (Å²) < 4.78 is 1.49. The first-order chi connectivity index (χ1) is 10.4. The third kappa shape index (κ3) is 3.57. The molecule has 0 amide bonds. The lowest BCUT2D eigenvalue weighted by molar-refractivity contribution is 0.119. The smallest absolute Gasteiger partial charge is 0.254 e. The molecule has 0 aliphatic heterocycles. The van der Waals surface area contributed by atoms with Crippen molar-refractivity contribution in [1.29, 1.82) is 5.41 Å². The highest BCUT2D eigenvalue weighted by Crippen LogP contribution is 2.20. The molecule has 1 aromatic rings. The maximum absolute atomic E-state index is 12.0. The maximum atomic E-state index is 12.0. The third-order valence-electron chi connectivity index (χ3n) is 4.12. The number of hydrogen-bond donors (Lipinski definition) is 4. The van der Waals surface area contributed by atoms with E-state index in [-0.39, 0.29) is 17.7 Å². The molecule has 0 aromatic carbocycles. The van der Waals surface area contributed by atoms with Gasteiger partial charge in [-0.1, -0.05) is 6.58 Å². The molecule has 1 fully saturated rings. The van der Waals surface area contributed by atoms with Crippen LogP contribution >= 0.6 is 0 Å². The van der Waals surface area contributed by atoms with Gasteiger partial charge >= 0.3 is 0 Å². The van der Waals surface area contributed by atoms with Crippen LogP contribution in [-0.4, -0.2) is 28.0 Å². The van der Waals surface area contributed by atoms with Gasteiger partial charge in [-0.15, -0.1) is 0 Å². The van der Waals surface area contributed by atoms with Crippen molar-refractivity contribution in [2.45, 2.75) is 44.8 Å². The Kier molecular flexibility index (Phi) is 5.03. The number of aromatic nitrogens is 1. The summed E-state index contributed by atoms with van der Waals surface area (Å²) in [5, 5.41) is 23.4. The minimum absolute atomic E-state index is 0.0957. The molecule has 1 aliphatic rings. The first-order valence-corrected chi connectivity index (χ1v) is 7.54. The number of rotatable bonds is 5. The van der Waals surface area contributed by atoms with Crippen molar-refractivity contribution < 1.29 is 5.11 Å². The Labute approximate surface area is 130 Å². The quantitative estimate of drug-likeness (QED) is 0.620. The highest BCUT2D eigenvalue weighted by Gasteiger charge is 2.19. The largest absolute Gasteiger partial charge is 0.393 e. The number of hydrogen-bond acceptors (Lipinski definition) is 5. The Balaban J connectivity index is 2.10. The summed E-state index contributed by atoms with van der Waals surface area (Å²) in [4.78, 5) is 12.0. The van der Waals surface area contributed by atoms with E-state index in [9.17, 15) is 9.90 Å². The Morgan fingerprint density at radius 1 is 1.45 bits per heavy atom. The number of nitrogens with zero attached hydrogens (tertiary/aromatic N) is 1. The van der Waals surface area contributed by atoms with Gasteiger partial charge in [0.15, 0.2) is 0 Å². The molecular weight excluding hydrogens is 280 g/mol. The molecule has 0 bridgehead atoms. The summed E-state index contributed by atoms with van der Waals surface area (Å²) in [7, 11) is 1.68. The molecule has 2 rings (SSSR count). The van der Waals surface area contributed by atoms with Crippen LogP contribution in [-0.2, 0) is 7.05 Å². The highest BCUT2D eigenvalue weighted by molar-refractivity contribution is 5.85. The van der Waals surface area contributed by atoms with Crippen molar-refractivity contribution in [2.75, 3.05) is 5.32 Å². The Hall–Kier alpha value is -2.08. The van der Waals surface area contributed by atoms with E-state index < -0.39 is 0 Å². The average molecular weight is 304 g/mol. The van der Waals surface area contributed by atoms with Gasteiger partial charge in [-0.05, 0) is 38.7 Å². The van der Waals surface area contributed by atoms with Crippen LogP contribution in [0.4, 0.5) is 5.82 Å². The van der Waals surface area contributed by atoms with Crippen LogP contribution in [0.5, 0.6) is 0 Å². The van der Waals surface area contributed by atoms with Gasteiger partial charge in [-0.25, -0.2) is 0 Å². The van der Waals surface area contributed by atoms with Gasteiger partial charge in [0, 0.05) is 30.4 Å². The summed E-state index contributed by atoms with van der Waals surface area (Å²) in [6.45, 7) is 5.69. The zero-order chi connectivity index (χ0) is 16.3. The molecule has 6 nitrogen and oxygen atoms in total. The summed E-state index contributed by atoms with van der Waals surface area (Å²) in [5.41, 5.74) is 1.15. The van der Waals surface area contributed by atoms with E-state index in [1.165, 1.54) is 10.8 Å². The molecule has 1 saturated carbocycles. The second kappa shape index (κ2) is 6.79. The predicted molar refractivity (Wildman–Crippen MR) is 88.5 cm³/mol. The van der Waals surface area contributed by atoms with Crippen molar-refractivity contribution >= 4 is 12.0 Å². The molecule has 22 heavy (non-hydrogen) atoms. The van der Waals surface area contributed by atoms with Gasteiger partial charge in [-0.2, -0.15) is 0 Å². The van der Waals surface area contributed by atoms with Gasteiger partial charge in [-0.3, -0.25) is 9.36 Å². The zero-order valence-corrected chi connectivity index (χ0v) is 13.1. The minimum Gasteiger partial charge on any atom is -0.393 e. The highest BCUT2D eigenvalue weighted by atomic mass is 16.3. The molecule has 6 heteroatoms. The van der Waals surface area contributed by atoms with E-state index >= 15 is 0 Å². The fourth-order valence-electron chi connectivity index (χ4n) is 2.83. The molecule has 0 spiro atoms. The van der Waals surface area contributed by atoms with Crippen molar-refractivity contribution in [1.82, 2.24) is 9.88 Å². The van der Waals surface area contributed by atoms with Gasteiger partial charge < -0.3 is 21.1 Å². The number of pyridine rings is 1. The molecule has 4 N–H and O–H groups in total. The van der Waals surface area contributed by atoms with Crippen molar-refractivity contribution in [3.8, 4) is 0 Å². The third-order valence-corrected chi connectivity index (χ3v) is 4.12. The van der Waals surface area contributed by atoms with Gasteiger partial charge in [0.1, 0.15) is 5.82 Å². The van der Waals surface area contributed by atoms with E-state index in [4.69, 9.17) is 5.41 Å². The molecule has 0 radical (unpaired) electrons. The summed E-state index contributed by atoms with van der Waals surface area (Å²) >= 11 is 0. The first-order valence-electron chi connectivity index (χ1n) is 7.54. The van der Waals surface area contributed by atoms with Crippen LogP contribution in [0, 0.1) is 12.3 Å². The molecule has 1 heterocycles. The fraction of sp³-hybridized carbons (Fsp3) is 0.500. The van der Waals surface area contributed by atoms with Crippen LogP contribution in [0.1, 0.15) is 36.8 Å². The van der Waals surface area contributed by atoms with Gasteiger partial charge in [0.05, 0.1) is 11.9 Å². The van der Waals surface area contributed by atoms with Gasteiger partial charge in [0.25, 0.3) is 5.56 Å². The zero-order valence-electron chi connectivity index (χ0n) is 13.1. The van der Waals surface area contributed by atoms with E-state index in [0.717, 1.165) is 25.7 Å². The second-order valence-electron chi connectivity index (χ2n) is 5.89. The molecule has 120 valence electrons. The summed E-state index contributed by atoms with van der Waals surface area (Å²) in [5.74, 6) is 1.15. The minimum atomic E-state index is -0.193. The van der Waals surface area contributed by atoms with Crippen LogP contribution in [0.2, 0.25) is 0 Å². The lowest BCUT2D eigenvalue weighted by Gasteiger charge is -2.28. The molecule has 1 aromatic heterocycles. The Morgan fingerprint density at radius 3 is 2.68 bits per heavy atom. The Bertz CT molecular complexity index is 628. The van der Waals surface area contributed by atoms with Gasteiger partial charge in [0.2, 0.25) is 0 Å². The summed E-state index contributed by atoms with van der Waals surface area (Å²) in [6.07, 6.45) is 4.40. The number of nitrogens with one attached hydrogen (secondary N) is 3. The van der Waals surface area contributed by atoms with E-state index in [2.05, 4.69) is 17.2 Å². The van der Waals surface area contributed by atoms with Crippen LogP contribution in [0.15, 0.2) is 23.3 Å². The normalized spacial score (nSPS) is 21.2. The second-order valence-corrected chi connectivity index (χ2v) is 5.89. The van der Waals surface area contributed by atoms with E-state index in [0.29, 0.717) is 22.8 Å². The summed E-state index contributed by atoms with van der Waals surface area (Å²) in [6, 6.07) is 1.97. The van der Waals surface area contributed by atoms with E-state index in [1.807, 2.05) is 0 Å². The molecule has 1 aliphatic carbocycles. The average Bonchev–Trinajstić information content (AvgIpc) is 2.50. The maximum Gasteiger partial charge on any atom is 0.254 e. The standard InChI is InChI=1S/C16H24N4O2/c1-10-8-12(9-17)15(20(3)16(10)22)19-11(2)18-13-4-6-14(21)7-5-13/h8-9,13-14,17-19,21H,2,4-7H2,1,3H3. The SMILES string of the molecule is C=C(Nc1c(C=N)cc(C)c(=O)n1C)NC1CCC(O)CC1. The molecular formula is C16H24N4O2. The number of aryl methyl sites for hydroxylation is 1. The Morgan fingerprint density at radius 2 is 2.09 bits per heavy atom. The van der Waals surface area contributed by atoms with Crippen molar-refractivity contribution in [3.05, 3.63) is 39.9 Å².